The van der Waals surface area contributed by atoms with Crippen molar-refractivity contribution in [3.05, 3.63) is 52.1 Å². The van der Waals surface area contributed by atoms with Gasteiger partial charge in [-0.25, -0.2) is 13.9 Å². The fourth-order valence-corrected chi connectivity index (χ4v) is 3.77. The van der Waals surface area contributed by atoms with Crippen LogP contribution < -0.4 is 15.9 Å². The molecule has 1 N–H and O–H groups in total. The molecule has 0 saturated carbocycles. The highest BCUT2D eigenvalue weighted by molar-refractivity contribution is 5.91. The van der Waals surface area contributed by atoms with Crippen molar-refractivity contribution in [2.75, 3.05) is 23.3 Å². The number of carbonyl (C=O) groups is 1. The van der Waals surface area contributed by atoms with Crippen LogP contribution in [0.2, 0.25) is 0 Å². The lowest BCUT2D eigenvalue weighted by molar-refractivity contribution is -0.117. The van der Waals surface area contributed by atoms with Crippen LogP contribution in [0.3, 0.4) is 0 Å². The van der Waals surface area contributed by atoms with E-state index in [1.165, 1.54) is 10.8 Å². The van der Waals surface area contributed by atoms with Gasteiger partial charge in [0.1, 0.15) is 12.4 Å². The van der Waals surface area contributed by atoms with Gasteiger partial charge in [-0.1, -0.05) is 19.1 Å². The molecule has 1 atom stereocenters. The van der Waals surface area contributed by atoms with Crippen LogP contribution in [0.4, 0.5) is 11.5 Å². The van der Waals surface area contributed by atoms with Crippen molar-refractivity contribution in [1.82, 2.24) is 19.2 Å². The van der Waals surface area contributed by atoms with Crippen LogP contribution in [0.25, 0.3) is 5.78 Å². The first kappa shape index (κ1) is 19.2. The number of aryl methyl sites for hydroxylation is 2. The number of rotatable bonds is 4. The summed E-state index contributed by atoms with van der Waals surface area (Å²) in [6.45, 7) is 7.88. The van der Waals surface area contributed by atoms with Crippen LogP contribution in [0.5, 0.6) is 0 Å². The third-order valence-electron chi connectivity index (χ3n) is 5.38. The Morgan fingerprint density at radius 2 is 2.10 bits per heavy atom. The third kappa shape index (κ3) is 4.01. The summed E-state index contributed by atoms with van der Waals surface area (Å²) in [5, 5.41) is 7.14. The number of hydrogen-bond donors (Lipinski definition) is 1. The van der Waals surface area contributed by atoms with Gasteiger partial charge in [0.2, 0.25) is 5.91 Å². The molecule has 1 aliphatic heterocycles. The van der Waals surface area contributed by atoms with Crippen LogP contribution in [0.15, 0.2) is 35.3 Å². The van der Waals surface area contributed by atoms with E-state index in [1.54, 1.807) is 6.20 Å². The lowest BCUT2D eigenvalue weighted by Crippen LogP contribution is -2.35. The Morgan fingerprint density at radius 1 is 1.28 bits per heavy atom. The molecule has 0 spiro atoms. The molecular weight excluding hydrogens is 368 g/mol. The average molecular weight is 394 g/mol. The van der Waals surface area contributed by atoms with Crippen LogP contribution in [-0.4, -0.2) is 38.2 Å². The first-order chi connectivity index (χ1) is 13.9. The molecule has 0 unspecified atom stereocenters. The highest BCUT2D eigenvalue weighted by atomic mass is 16.2. The number of carbonyl (C=O) groups excluding carboxylic acids is 1. The van der Waals surface area contributed by atoms with Crippen LogP contribution in [-0.2, 0) is 11.3 Å². The second kappa shape index (κ2) is 7.69. The molecule has 8 heteroatoms. The number of aromatic nitrogens is 4. The van der Waals surface area contributed by atoms with Gasteiger partial charge >= 0.3 is 5.69 Å². The van der Waals surface area contributed by atoms with Gasteiger partial charge in [0.15, 0.2) is 0 Å². The Hall–Kier alpha value is -3.16. The lowest BCUT2D eigenvalue weighted by atomic mass is 10.0. The molecule has 29 heavy (non-hydrogen) atoms. The van der Waals surface area contributed by atoms with Gasteiger partial charge in [-0.3, -0.25) is 4.79 Å². The highest BCUT2D eigenvalue weighted by Crippen LogP contribution is 2.21. The predicted octanol–water partition coefficient (Wildman–Crippen LogP) is 2.38. The molecule has 8 nitrogen and oxygen atoms in total. The molecule has 0 bridgehead atoms. The molecule has 4 rings (SSSR count). The van der Waals surface area contributed by atoms with Crippen molar-refractivity contribution in [2.45, 2.75) is 40.2 Å². The van der Waals surface area contributed by atoms with E-state index >= 15 is 0 Å². The van der Waals surface area contributed by atoms with Gasteiger partial charge in [0.05, 0.1) is 0 Å². The highest BCUT2D eigenvalue weighted by Gasteiger charge is 2.19. The van der Waals surface area contributed by atoms with Crippen molar-refractivity contribution in [3.8, 4) is 0 Å². The Bertz CT molecular complexity index is 1120. The van der Waals surface area contributed by atoms with Gasteiger partial charge in [-0.2, -0.15) is 4.98 Å². The fourth-order valence-electron chi connectivity index (χ4n) is 3.77. The zero-order chi connectivity index (χ0) is 20.5. The number of benzene rings is 1. The van der Waals surface area contributed by atoms with E-state index in [0.29, 0.717) is 11.7 Å². The summed E-state index contributed by atoms with van der Waals surface area (Å²) in [6, 6.07) is 7.70. The second-order valence-electron chi connectivity index (χ2n) is 7.96. The largest absolute Gasteiger partial charge is 0.356 e. The number of fused-ring (bicyclic) bond motifs is 1. The summed E-state index contributed by atoms with van der Waals surface area (Å²) in [5.41, 5.74) is 2.39. The summed E-state index contributed by atoms with van der Waals surface area (Å²) in [5.74, 6) is 1.45. The summed E-state index contributed by atoms with van der Waals surface area (Å²) >= 11 is 0. The molecule has 0 aliphatic carbocycles. The topological polar surface area (TPSA) is 84.5 Å². The monoisotopic (exact) mass is 394 g/mol. The third-order valence-corrected chi connectivity index (χ3v) is 5.38. The van der Waals surface area contributed by atoms with Gasteiger partial charge in [0, 0.05) is 25.0 Å². The van der Waals surface area contributed by atoms with Crippen molar-refractivity contribution in [2.24, 2.45) is 5.92 Å². The van der Waals surface area contributed by atoms with Crippen molar-refractivity contribution < 1.29 is 4.79 Å². The molecule has 3 aromatic rings. The van der Waals surface area contributed by atoms with E-state index in [0.717, 1.165) is 46.8 Å². The Morgan fingerprint density at radius 3 is 2.90 bits per heavy atom. The fraction of sp³-hybridized carbons (Fsp3) is 0.429. The molecule has 3 heterocycles. The molecule has 152 valence electrons. The van der Waals surface area contributed by atoms with E-state index in [4.69, 9.17) is 0 Å². The first-order valence-corrected chi connectivity index (χ1v) is 9.99. The summed E-state index contributed by atoms with van der Waals surface area (Å²) in [4.78, 5) is 31.9. The maximum atomic E-state index is 12.6. The molecule has 1 amide bonds. The molecular formula is C21H26N6O2. The maximum Gasteiger partial charge on any atom is 0.352 e. The lowest BCUT2D eigenvalue weighted by Gasteiger charge is -2.31. The number of amides is 1. The number of nitrogens with one attached hydrogen (secondary N) is 1. The van der Waals surface area contributed by atoms with Gasteiger partial charge < -0.3 is 10.2 Å². The zero-order valence-corrected chi connectivity index (χ0v) is 17.1. The van der Waals surface area contributed by atoms with E-state index < -0.39 is 0 Å². The number of hydrogen-bond acceptors (Lipinski definition) is 5. The number of piperidine rings is 1. The van der Waals surface area contributed by atoms with Gasteiger partial charge in [-0.15, -0.1) is 5.10 Å². The summed E-state index contributed by atoms with van der Waals surface area (Å²) in [6.07, 6.45) is 4.04. The van der Waals surface area contributed by atoms with E-state index in [2.05, 4.69) is 27.2 Å². The summed E-state index contributed by atoms with van der Waals surface area (Å²) in [7, 11) is 0. The average Bonchev–Trinajstić information content (AvgIpc) is 2.99. The van der Waals surface area contributed by atoms with Crippen molar-refractivity contribution in [1.29, 1.82) is 0 Å². The summed E-state index contributed by atoms with van der Waals surface area (Å²) < 4.78 is 2.54. The van der Waals surface area contributed by atoms with Crippen molar-refractivity contribution >= 4 is 23.2 Å². The molecule has 1 aromatic carbocycles. The normalized spacial score (nSPS) is 16.9. The number of nitrogens with zero attached hydrogens (tertiary/aromatic N) is 5. The van der Waals surface area contributed by atoms with Crippen molar-refractivity contribution in [3.63, 3.8) is 0 Å². The minimum atomic E-state index is -0.373. The SMILES string of the molecule is Cc1ccc(C)c(NC(=O)Cn2nc3nc(N4CCC[C@H](C)C4)ccn3c2=O)c1. The van der Waals surface area contributed by atoms with Crippen LogP contribution >= 0.6 is 0 Å². The van der Waals surface area contributed by atoms with Gasteiger partial charge in [-0.05, 0) is 55.9 Å². The Balaban J connectivity index is 1.54. The standard InChI is InChI=1S/C21H26N6O2/c1-14-6-7-16(3)17(11-14)22-19(28)13-27-21(29)26-10-8-18(23-20(26)24-27)25-9-4-5-15(2)12-25/h6-8,10-11,15H,4-5,9,12-13H2,1-3H3,(H,22,28)/t15-/m0/s1. The quantitative estimate of drug-likeness (QED) is 0.734. The smallest absolute Gasteiger partial charge is 0.352 e. The van der Waals surface area contributed by atoms with E-state index in [1.807, 2.05) is 38.1 Å². The zero-order valence-electron chi connectivity index (χ0n) is 17.1. The molecule has 1 aliphatic rings. The van der Waals surface area contributed by atoms with Gasteiger partial charge in [0.25, 0.3) is 5.78 Å². The molecule has 1 fully saturated rings. The van der Waals surface area contributed by atoms with Crippen LogP contribution in [0, 0.1) is 19.8 Å². The predicted molar refractivity (Wildman–Crippen MR) is 112 cm³/mol. The van der Waals surface area contributed by atoms with E-state index in [9.17, 15) is 9.59 Å². The maximum absolute atomic E-state index is 12.6. The van der Waals surface area contributed by atoms with Crippen LogP contribution in [0.1, 0.15) is 30.9 Å². The first-order valence-electron chi connectivity index (χ1n) is 9.99. The minimum Gasteiger partial charge on any atom is -0.356 e. The minimum absolute atomic E-state index is 0.161. The number of anilines is 2. The molecule has 2 aromatic heterocycles. The Kier molecular flexibility index (Phi) is 5.08. The second-order valence-corrected chi connectivity index (χ2v) is 7.96. The van der Waals surface area contributed by atoms with E-state index in [-0.39, 0.29) is 18.1 Å². The molecule has 0 radical (unpaired) electrons. The Labute approximate surface area is 169 Å². The molecule has 1 saturated heterocycles.